The van der Waals surface area contributed by atoms with Crippen LogP contribution in [0.4, 0.5) is 4.39 Å². The Hall–Kier alpha value is -2.91. The van der Waals surface area contributed by atoms with Crippen molar-refractivity contribution in [2.45, 2.75) is 18.3 Å². The number of aliphatic carboxylic acids is 1. The highest BCUT2D eigenvalue weighted by Crippen LogP contribution is 2.22. The number of nitrogens with one attached hydrogen (secondary N) is 1. The quantitative estimate of drug-likeness (QED) is 0.512. The predicted octanol–water partition coefficient (Wildman–Crippen LogP) is 3.45. The van der Waals surface area contributed by atoms with Crippen molar-refractivity contribution >= 4 is 46.6 Å². The fourth-order valence-electron chi connectivity index (χ4n) is 2.34. The summed E-state index contributed by atoms with van der Waals surface area (Å²) in [6, 6.07) is 11.1. The van der Waals surface area contributed by atoms with E-state index in [2.05, 4.69) is 15.5 Å². The van der Waals surface area contributed by atoms with E-state index in [0.717, 1.165) is 17.3 Å². The minimum absolute atomic E-state index is 0.203. The second-order valence-electron chi connectivity index (χ2n) is 5.94. The molecule has 1 atom stereocenters. The first-order chi connectivity index (χ1) is 13.9. The molecular weight excluding hydrogens is 421 g/mol. The number of nitrogens with zero attached hydrogens (tertiary/aromatic N) is 2. The highest BCUT2D eigenvalue weighted by molar-refractivity contribution is 8.15. The summed E-state index contributed by atoms with van der Waals surface area (Å²) in [6.07, 6.45) is 1.22. The molecule has 0 radical (unpaired) electrons. The van der Waals surface area contributed by atoms with E-state index in [1.807, 2.05) is 0 Å². The van der Waals surface area contributed by atoms with E-state index in [1.165, 1.54) is 18.3 Å². The van der Waals surface area contributed by atoms with Gasteiger partial charge < -0.3 is 15.2 Å². The largest absolute Gasteiger partial charge is 0.489 e. The van der Waals surface area contributed by atoms with Crippen LogP contribution in [0.25, 0.3) is 0 Å². The summed E-state index contributed by atoms with van der Waals surface area (Å²) >= 11 is 7.00. The predicted molar refractivity (Wildman–Crippen MR) is 109 cm³/mol. The van der Waals surface area contributed by atoms with E-state index >= 15 is 0 Å². The molecule has 1 fully saturated rings. The molecule has 29 heavy (non-hydrogen) atoms. The Morgan fingerprint density at radius 2 is 2.07 bits per heavy atom. The Balaban J connectivity index is 1.54. The van der Waals surface area contributed by atoms with Crippen LogP contribution in [0, 0.1) is 5.82 Å². The summed E-state index contributed by atoms with van der Waals surface area (Å²) in [6.45, 7) is 0.203. The zero-order valence-corrected chi connectivity index (χ0v) is 16.4. The lowest BCUT2D eigenvalue weighted by atomic mass is 10.2. The molecule has 7 nitrogen and oxygen atoms in total. The SMILES string of the molecule is O=C(O)CC1SC(=NN=Cc2ccc(OCc3ccc(F)cc3Cl)cc2)NC1=O. The van der Waals surface area contributed by atoms with Crippen molar-refractivity contribution in [2.24, 2.45) is 10.2 Å². The maximum absolute atomic E-state index is 13.1. The van der Waals surface area contributed by atoms with Gasteiger partial charge in [0.25, 0.3) is 0 Å². The molecule has 10 heteroatoms. The van der Waals surface area contributed by atoms with Crippen molar-refractivity contribution in [3.05, 3.63) is 64.4 Å². The van der Waals surface area contributed by atoms with Crippen LogP contribution in [0.3, 0.4) is 0 Å². The first-order valence-corrected chi connectivity index (χ1v) is 9.63. The van der Waals surface area contributed by atoms with Gasteiger partial charge in [-0.05, 0) is 42.0 Å². The molecule has 1 aliphatic heterocycles. The Labute approximate surface area is 174 Å². The van der Waals surface area contributed by atoms with Crippen LogP contribution in [0.15, 0.2) is 52.7 Å². The van der Waals surface area contributed by atoms with Crippen molar-refractivity contribution < 1.29 is 23.8 Å². The number of benzene rings is 2. The van der Waals surface area contributed by atoms with Gasteiger partial charge in [0.15, 0.2) is 5.17 Å². The number of amides is 1. The molecule has 0 aliphatic carbocycles. The van der Waals surface area contributed by atoms with Gasteiger partial charge in [-0.2, -0.15) is 5.10 Å². The summed E-state index contributed by atoms with van der Waals surface area (Å²) in [5, 5.41) is 18.9. The molecule has 1 saturated heterocycles. The third-order valence-electron chi connectivity index (χ3n) is 3.78. The first kappa shape index (κ1) is 20.8. The first-order valence-electron chi connectivity index (χ1n) is 8.38. The molecule has 1 heterocycles. The monoisotopic (exact) mass is 435 g/mol. The molecule has 150 valence electrons. The van der Waals surface area contributed by atoms with Crippen LogP contribution < -0.4 is 10.1 Å². The summed E-state index contributed by atoms with van der Waals surface area (Å²) in [7, 11) is 0. The highest BCUT2D eigenvalue weighted by atomic mass is 35.5. The zero-order valence-electron chi connectivity index (χ0n) is 14.8. The molecule has 2 N–H and O–H groups in total. The molecule has 2 aromatic carbocycles. The van der Waals surface area contributed by atoms with Crippen LogP contribution in [0.5, 0.6) is 5.75 Å². The smallest absolute Gasteiger partial charge is 0.305 e. The number of halogens is 2. The fraction of sp³-hybridized carbons (Fsp3) is 0.158. The third kappa shape index (κ3) is 6.03. The molecule has 0 bridgehead atoms. The molecule has 1 amide bonds. The molecule has 1 aliphatic rings. The number of carboxylic acid groups (broad SMARTS) is 1. The lowest BCUT2D eigenvalue weighted by Gasteiger charge is -2.08. The molecule has 0 aromatic heterocycles. The molecular formula is C19H15ClFN3O4S. The van der Waals surface area contributed by atoms with Gasteiger partial charge in [-0.1, -0.05) is 29.4 Å². The van der Waals surface area contributed by atoms with Gasteiger partial charge in [0.1, 0.15) is 23.4 Å². The van der Waals surface area contributed by atoms with Crippen LogP contribution in [0.2, 0.25) is 5.02 Å². The van der Waals surface area contributed by atoms with E-state index in [4.69, 9.17) is 21.4 Å². The van der Waals surface area contributed by atoms with Gasteiger partial charge in [-0.3, -0.25) is 9.59 Å². The standard InChI is InChI=1S/C19H15ClFN3O4S/c20-15-7-13(21)4-3-12(15)10-28-14-5-1-11(2-6-14)9-22-24-19-23-18(27)16(29-19)8-17(25)26/h1-7,9,16H,8,10H2,(H,25,26)(H,23,24,27). The third-order valence-corrected chi connectivity index (χ3v) is 5.21. The van der Waals surface area contributed by atoms with Crippen LogP contribution in [-0.4, -0.2) is 33.6 Å². The van der Waals surface area contributed by atoms with E-state index in [9.17, 15) is 14.0 Å². The Morgan fingerprint density at radius 3 is 2.76 bits per heavy atom. The maximum atomic E-state index is 13.1. The lowest BCUT2D eigenvalue weighted by Crippen LogP contribution is -2.26. The van der Waals surface area contributed by atoms with Crippen LogP contribution in [-0.2, 0) is 16.2 Å². The van der Waals surface area contributed by atoms with Crippen molar-refractivity contribution in [3.8, 4) is 5.75 Å². The van der Waals surface area contributed by atoms with Gasteiger partial charge in [0.2, 0.25) is 5.91 Å². The van der Waals surface area contributed by atoms with Gasteiger partial charge >= 0.3 is 5.97 Å². The number of ether oxygens (including phenoxy) is 1. The fourth-order valence-corrected chi connectivity index (χ4v) is 3.48. The Morgan fingerprint density at radius 1 is 1.31 bits per heavy atom. The van der Waals surface area contributed by atoms with Crippen molar-refractivity contribution in [2.75, 3.05) is 0 Å². The summed E-state index contributed by atoms with van der Waals surface area (Å²) in [4.78, 5) is 22.3. The number of hydrogen-bond donors (Lipinski definition) is 2. The Bertz CT molecular complexity index is 982. The average Bonchev–Trinajstić information content (AvgIpc) is 3.01. The van der Waals surface area contributed by atoms with Crippen molar-refractivity contribution in [1.82, 2.24) is 5.32 Å². The minimum atomic E-state index is -1.05. The number of carbonyl (C=O) groups excluding carboxylic acids is 1. The van der Waals surface area contributed by atoms with Gasteiger partial charge in [0, 0.05) is 5.56 Å². The second-order valence-corrected chi connectivity index (χ2v) is 7.54. The van der Waals surface area contributed by atoms with Crippen LogP contribution in [0.1, 0.15) is 17.5 Å². The number of amidine groups is 1. The Kier molecular flexibility index (Phi) is 6.84. The van der Waals surface area contributed by atoms with Gasteiger partial charge in [0.05, 0.1) is 17.7 Å². The maximum Gasteiger partial charge on any atom is 0.305 e. The van der Waals surface area contributed by atoms with E-state index in [1.54, 1.807) is 30.3 Å². The van der Waals surface area contributed by atoms with E-state index in [0.29, 0.717) is 16.3 Å². The molecule has 3 rings (SSSR count). The van der Waals surface area contributed by atoms with Crippen molar-refractivity contribution in [3.63, 3.8) is 0 Å². The topological polar surface area (TPSA) is 100 Å². The lowest BCUT2D eigenvalue weighted by molar-refractivity contribution is -0.138. The highest BCUT2D eigenvalue weighted by Gasteiger charge is 2.32. The summed E-state index contributed by atoms with van der Waals surface area (Å²) in [5.74, 6) is -1.25. The summed E-state index contributed by atoms with van der Waals surface area (Å²) < 4.78 is 18.7. The number of rotatable bonds is 7. The van der Waals surface area contributed by atoms with Crippen molar-refractivity contribution in [1.29, 1.82) is 0 Å². The van der Waals surface area contributed by atoms with E-state index < -0.39 is 22.9 Å². The molecule has 0 spiro atoms. The zero-order chi connectivity index (χ0) is 20.8. The molecule has 1 unspecified atom stereocenters. The number of carboxylic acids is 1. The summed E-state index contributed by atoms with van der Waals surface area (Å²) in [5.41, 5.74) is 1.42. The number of thioether (sulfide) groups is 1. The number of carbonyl (C=O) groups is 2. The average molecular weight is 436 g/mol. The van der Waals surface area contributed by atoms with E-state index in [-0.39, 0.29) is 18.2 Å². The number of hydrogen-bond acceptors (Lipinski definition) is 6. The van der Waals surface area contributed by atoms with Gasteiger partial charge in [-0.15, -0.1) is 5.10 Å². The second kappa shape index (κ2) is 9.53. The normalized spacial score (nSPS) is 17.7. The van der Waals surface area contributed by atoms with Crippen LogP contribution >= 0.6 is 23.4 Å². The minimum Gasteiger partial charge on any atom is -0.489 e. The molecule has 0 saturated carbocycles. The van der Waals surface area contributed by atoms with Gasteiger partial charge in [-0.25, -0.2) is 4.39 Å². The molecule has 2 aromatic rings.